The molecule has 0 saturated carbocycles. The Balaban J connectivity index is 1.89. The largest absolute Gasteiger partial charge is 0.416 e. The highest BCUT2D eigenvalue weighted by Crippen LogP contribution is 2.30. The van der Waals surface area contributed by atoms with Crippen molar-refractivity contribution >= 4 is 40.2 Å². The van der Waals surface area contributed by atoms with Gasteiger partial charge in [-0.15, -0.1) is 11.3 Å². The molecule has 24 heavy (non-hydrogen) atoms. The first kappa shape index (κ1) is 18.3. The van der Waals surface area contributed by atoms with Crippen molar-refractivity contribution in [1.82, 2.24) is 5.43 Å². The molecule has 1 amide bonds. The van der Waals surface area contributed by atoms with Gasteiger partial charge in [0.2, 0.25) is 0 Å². The van der Waals surface area contributed by atoms with E-state index in [9.17, 15) is 18.0 Å². The van der Waals surface area contributed by atoms with Crippen LogP contribution in [0.25, 0.3) is 0 Å². The molecule has 9 heteroatoms. The van der Waals surface area contributed by atoms with Gasteiger partial charge in [-0.1, -0.05) is 17.7 Å². The second-order valence-corrected chi connectivity index (χ2v) is 6.48. The number of rotatable bonds is 5. The summed E-state index contributed by atoms with van der Waals surface area (Å²) in [7, 11) is 0. The summed E-state index contributed by atoms with van der Waals surface area (Å²) in [5.41, 5.74) is 2.33. The molecule has 0 aliphatic carbocycles. The number of nitrogens with zero attached hydrogens (tertiary/aromatic N) is 1. The Morgan fingerprint density at radius 3 is 2.67 bits per heavy atom. The number of nitrogens with one attached hydrogen (secondary N) is 2. The molecular weight excluding hydrogens is 363 g/mol. The molecule has 0 aliphatic rings. The van der Waals surface area contributed by atoms with Crippen molar-refractivity contribution in [3.63, 3.8) is 0 Å². The Morgan fingerprint density at radius 1 is 1.29 bits per heavy atom. The van der Waals surface area contributed by atoms with E-state index in [1.54, 1.807) is 19.1 Å². The highest BCUT2D eigenvalue weighted by molar-refractivity contribution is 7.18. The zero-order valence-corrected chi connectivity index (χ0v) is 14.0. The third-order valence-corrected chi connectivity index (χ3v) is 4.26. The lowest BCUT2D eigenvalue weighted by atomic mass is 10.2. The van der Waals surface area contributed by atoms with Crippen LogP contribution in [-0.2, 0) is 11.0 Å². The molecule has 1 aromatic carbocycles. The Morgan fingerprint density at radius 2 is 2.04 bits per heavy atom. The van der Waals surface area contributed by atoms with E-state index in [1.165, 1.54) is 23.5 Å². The molecule has 1 heterocycles. The first-order valence-electron chi connectivity index (χ1n) is 6.75. The van der Waals surface area contributed by atoms with Crippen LogP contribution < -0.4 is 10.7 Å². The summed E-state index contributed by atoms with van der Waals surface area (Å²) < 4.78 is 38.4. The maximum absolute atomic E-state index is 12.6. The van der Waals surface area contributed by atoms with Crippen LogP contribution in [0.5, 0.6) is 0 Å². The van der Waals surface area contributed by atoms with Crippen LogP contribution in [0, 0.1) is 0 Å². The summed E-state index contributed by atoms with van der Waals surface area (Å²) in [4.78, 5) is 12.5. The lowest BCUT2D eigenvalue weighted by Crippen LogP contribution is -2.26. The highest BCUT2D eigenvalue weighted by Gasteiger charge is 2.30. The average Bonchev–Trinajstić information content (AvgIpc) is 2.96. The number of anilines is 1. The number of halogens is 4. The summed E-state index contributed by atoms with van der Waals surface area (Å²) in [6, 6.07) is 8.12. The van der Waals surface area contributed by atoms with Gasteiger partial charge in [0.1, 0.15) is 0 Å². The second-order valence-electron chi connectivity index (χ2n) is 4.77. The number of carbonyl (C=O) groups is 1. The average molecular weight is 376 g/mol. The number of hydrazone groups is 1. The van der Waals surface area contributed by atoms with E-state index in [-0.39, 0.29) is 12.2 Å². The number of carbonyl (C=O) groups excluding carboxylic acids is 1. The van der Waals surface area contributed by atoms with E-state index in [0.717, 1.165) is 17.0 Å². The summed E-state index contributed by atoms with van der Waals surface area (Å²) in [6.07, 6.45) is -4.43. The molecule has 0 radical (unpaired) electrons. The molecule has 0 atom stereocenters. The quantitative estimate of drug-likeness (QED) is 0.602. The van der Waals surface area contributed by atoms with Crippen LogP contribution in [0.1, 0.15) is 17.4 Å². The molecule has 2 aromatic rings. The van der Waals surface area contributed by atoms with E-state index in [4.69, 9.17) is 11.6 Å². The summed E-state index contributed by atoms with van der Waals surface area (Å²) in [5.74, 6) is -0.477. The molecule has 0 aliphatic heterocycles. The minimum absolute atomic E-state index is 0.200. The van der Waals surface area contributed by atoms with Crippen molar-refractivity contribution in [2.75, 3.05) is 11.9 Å². The standard InChI is InChI=1S/C15H13ClF3N3OS/c1-9(12-5-6-13(16)24-12)21-22-14(23)8-20-11-4-2-3-10(7-11)15(17,18)19/h2-7,20H,8H2,1H3,(H,22,23)/b21-9+. The number of alkyl halides is 3. The van der Waals surface area contributed by atoms with Gasteiger partial charge in [-0.2, -0.15) is 18.3 Å². The van der Waals surface area contributed by atoms with Crippen molar-refractivity contribution in [1.29, 1.82) is 0 Å². The van der Waals surface area contributed by atoms with Crippen LogP contribution in [0.15, 0.2) is 41.5 Å². The van der Waals surface area contributed by atoms with Gasteiger partial charge in [0.25, 0.3) is 5.91 Å². The minimum atomic E-state index is -4.43. The Bertz CT molecular complexity index is 758. The maximum atomic E-state index is 12.6. The zero-order valence-electron chi connectivity index (χ0n) is 12.4. The molecule has 2 N–H and O–H groups in total. The third-order valence-electron chi connectivity index (χ3n) is 2.92. The van der Waals surface area contributed by atoms with Gasteiger partial charge in [0.15, 0.2) is 0 Å². The smallest absolute Gasteiger partial charge is 0.376 e. The molecule has 0 bridgehead atoms. The molecule has 1 aromatic heterocycles. The Hall–Kier alpha value is -2.06. The minimum Gasteiger partial charge on any atom is -0.376 e. The maximum Gasteiger partial charge on any atom is 0.416 e. The van der Waals surface area contributed by atoms with Crippen LogP contribution >= 0.6 is 22.9 Å². The highest BCUT2D eigenvalue weighted by atomic mass is 35.5. The summed E-state index contributed by atoms with van der Waals surface area (Å²) >= 11 is 7.14. The first-order chi connectivity index (χ1) is 11.3. The van der Waals surface area contributed by atoms with Gasteiger partial charge in [-0.25, -0.2) is 5.43 Å². The summed E-state index contributed by atoms with van der Waals surface area (Å²) in [6.45, 7) is 1.51. The van der Waals surface area contributed by atoms with Crippen LogP contribution in [0.2, 0.25) is 4.34 Å². The molecule has 0 saturated heterocycles. The monoisotopic (exact) mass is 375 g/mol. The van der Waals surface area contributed by atoms with Gasteiger partial charge < -0.3 is 5.32 Å². The molecule has 0 unspecified atom stereocenters. The Labute approximate surface area is 145 Å². The first-order valence-corrected chi connectivity index (χ1v) is 7.95. The number of hydrogen-bond donors (Lipinski definition) is 2. The van der Waals surface area contributed by atoms with Gasteiger partial charge in [0.05, 0.1) is 27.0 Å². The number of amides is 1. The topological polar surface area (TPSA) is 53.5 Å². The molecule has 4 nitrogen and oxygen atoms in total. The van der Waals surface area contributed by atoms with Crippen molar-refractivity contribution in [3.8, 4) is 0 Å². The second kappa shape index (κ2) is 7.67. The van der Waals surface area contributed by atoms with E-state index in [2.05, 4.69) is 15.8 Å². The Kier molecular flexibility index (Phi) is 5.84. The number of thiophene rings is 1. The molecular formula is C15H13ClF3N3OS. The van der Waals surface area contributed by atoms with Gasteiger partial charge in [-0.05, 0) is 37.3 Å². The van der Waals surface area contributed by atoms with E-state index in [1.807, 2.05) is 0 Å². The van der Waals surface area contributed by atoms with Crippen molar-refractivity contribution in [2.45, 2.75) is 13.1 Å². The van der Waals surface area contributed by atoms with Crippen LogP contribution in [0.3, 0.4) is 0 Å². The fraction of sp³-hybridized carbons (Fsp3) is 0.200. The van der Waals surface area contributed by atoms with E-state index >= 15 is 0 Å². The third kappa shape index (κ3) is 5.24. The van der Waals surface area contributed by atoms with Crippen LogP contribution in [-0.4, -0.2) is 18.2 Å². The van der Waals surface area contributed by atoms with Gasteiger partial charge >= 0.3 is 6.18 Å². The van der Waals surface area contributed by atoms with Gasteiger partial charge in [0, 0.05) is 5.69 Å². The molecule has 2 rings (SSSR count). The normalized spacial score (nSPS) is 12.1. The lowest BCUT2D eigenvalue weighted by molar-refractivity contribution is -0.137. The lowest BCUT2D eigenvalue weighted by Gasteiger charge is -2.10. The predicted molar refractivity (Wildman–Crippen MR) is 89.6 cm³/mol. The molecule has 0 spiro atoms. The van der Waals surface area contributed by atoms with E-state index < -0.39 is 17.6 Å². The fourth-order valence-corrected chi connectivity index (χ4v) is 2.73. The van der Waals surface area contributed by atoms with Crippen molar-refractivity contribution in [2.24, 2.45) is 5.10 Å². The van der Waals surface area contributed by atoms with Gasteiger partial charge in [-0.3, -0.25) is 4.79 Å². The molecule has 0 fully saturated rings. The molecule has 128 valence electrons. The number of benzene rings is 1. The fourth-order valence-electron chi connectivity index (χ4n) is 1.74. The SMILES string of the molecule is C/C(=N\NC(=O)CNc1cccc(C(F)(F)F)c1)c1ccc(Cl)s1. The summed E-state index contributed by atoms with van der Waals surface area (Å²) in [5, 5.41) is 6.55. The van der Waals surface area contributed by atoms with E-state index in [0.29, 0.717) is 10.0 Å². The zero-order chi connectivity index (χ0) is 17.7. The van der Waals surface area contributed by atoms with Crippen molar-refractivity contribution in [3.05, 3.63) is 51.2 Å². The van der Waals surface area contributed by atoms with Crippen LogP contribution in [0.4, 0.5) is 18.9 Å². The van der Waals surface area contributed by atoms with Crippen molar-refractivity contribution < 1.29 is 18.0 Å². The number of hydrogen-bond acceptors (Lipinski definition) is 4. The predicted octanol–water partition coefficient (Wildman–Crippen LogP) is 4.37.